The Morgan fingerprint density at radius 3 is 2.71 bits per heavy atom. The van der Waals surface area contributed by atoms with E-state index in [9.17, 15) is 4.21 Å². The number of rotatable bonds is 4. The van der Waals surface area contributed by atoms with Gasteiger partial charge in [-0.15, -0.1) is 0 Å². The van der Waals surface area contributed by atoms with Gasteiger partial charge in [0.25, 0.3) is 0 Å². The summed E-state index contributed by atoms with van der Waals surface area (Å²) in [5.41, 5.74) is 8.65. The van der Waals surface area contributed by atoms with E-state index in [1.165, 1.54) is 0 Å². The van der Waals surface area contributed by atoms with Crippen molar-refractivity contribution in [3.05, 3.63) is 53.1 Å². The molecule has 2 aromatic carbocycles. The van der Waals surface area contributed by atoms with Crippen LogP contribution in [0, 0.1) is 18.3 Å². The topological polar surface area (TPSA) is 76.1 Å². The molecule has 2 rings (SSSR count). The number of nitriles is 1. The van der Waals surface area contributed by atoms with Crippen molar-refractivity contribution in [3.8, 4) is 11.8 Å². The van der Waals surface area contributed by atoms with E-state index in [1.807, 2.05) is 19.1 Å². The van der Waals surface area contributed by atoms with Crippen LogP contribution in [0.2, 0.25) is 0 Å². The molecule has 108 valence electrons. The third kappa shape index (κ3) is 3.41. The van der Waals surface area contributed by atoms with Crippen molar-refractivity contribution in [2.45, 2.75) is 17.6 Å². The Morgan fingerprint density at radius 1 is 1.29 bits per heavy atom. The summed E-state index contributed by atoms with van der Waals surface area (Å²) in [6.07, 6.45) is 0. The van der Waals surface area contributed by atoms with Gasteiger partial charge in [-0.2, -0.15) is 5.26 Å². The monoisotopic (exact) mass is 300 g/mol. The highest BCUT2D eigenvalue weighted by molar-refractivity contribution is 7.84. The van der Waals surface area contributed by atoms with Gasteiger partial charge in [-0.25, -0.2) is 0 Å². The van der Waals surface area contributed by atoms with E-state index >= 15 is 0 Å². The van der Waals surface area contributed by atoms with E-state index < -0.39 is 10.8 Å². The van der Waals surface area contributed by atoms with Crippen LogP contribution in [-0.2, 0) is 16.6 Å². The molecule has 0 aliphatic heterocycles. The number of hydrogen-bond donors (Lipinski definition) is 1. The summed E-state index contributed by atoms with van der Waals surface area (Å²) in [6.45, 7) is 1.93. The molecule has 0 spiro atoms. The number of nitrogens with two attached hydrogens (primary N) is 1. The summed E-state index contributed by atoms with van der Waals surface area (Å²) in [5.74, 6) is 0.875. The first-order valence-corrected chi connectivity index (χ1v) is 7.68. The molecule has 0 aliphatic rings. The molecule has 0 heterocycles. The predicted molar refractivity (Wildman–Crippen MR) is 83.4 cm³/mol. The molecule has 1 atom stereocenters. The SMILES string of the molecule is COc1ccc(C#N)cc1CS(=O)c1cc(C)ccc1N. The maximum absolute atomic E-state index is 12.5. The van der Waals surface area contributed by atoms with Gasteiger partial charge in [0, 0.05) is 11.3 Å². The van der Waals surface area contributed by atoms with Crippen LogP contribution < -0.4 is 10.5 Å². The van der Waals surface area contributed by atoms with E-state index in [0.29, 0.717) is 21.9 Å². The summed E-state index contributed by atoms with van der Waals surface area (Å²) in [5, 5.41) is 8.97. The van der Waals surface area contributed by atoms with Crippen LogP contribution in [0.1, 0.15) is 16.7 Å². The zero-order valence-electron chi connectivity index (χ0n) is 11.9. The fourth-order valence-electron chi connectivity index (χ4n) is 2.02. The van der Waals surface area contributed by atoms with Crippen LogP contribution >= 0.6 is 0 Å². The number of hydrogen-bond acceptors (Lipinski definition) is 4. The lowest BCUT2D eigenvalue weighted by atomic mass is 10.1. The highest BCUT2D eigenvalue weighted by Crippen LogP contribution is 2.25. The number of anilines is 1. The normalized spacial score (nSPS) is 11.7. The largest absolute Gasteiger partial charge is 0.496 e. The Labute approximate surface area is 126 Å². The smallest absolute Gasteiger partial charge is 0.123 e. The average molecular weight is 300 g/mol. The molecule has 1 unspecified atom stereocenters. The third-order valence-corrected chi connectivity index (χ3v) is 4.53. The van der Waals surface area contributed by atoms with Crippen LogP contribution in [0.3, 0.4) is 0 Å². The van der Waals surface area contributed by atoms with Gasteiger partial charge >= 0.3 is 0 Å². The van der Waals surface area contributed by atoms with Gasteiger partial charge in [0.1, 0.15) is 5.75 Å². The predicted octanol–water partition coefficient (Wildman–Crippen LogP) is 2.77. The van der Waals surface area contributed by atoms with Gasteiger partial charge < -0.3 is 10.5 Å². The molecule has 0 radical (unpaired) electrons. The lowest BCUT2D eigenvalue weighted by molar-refractivity contribution is 0.411. The third-order valence-electron chi connectivity index (χ3n) is 3.11. The van der Waals surface area contributed by atoms with E-state index in [2.05, 4.69) is 6.07 Å². The van der Waals surface area contributed by atoms with Gasteiger partial charge in [0.2, 0.25) is 0 Å². The number of aryl methyl sites for hydroxylation is 1. The average Bonchev–Trinajstić information content (AvgIpc) is 2.49. The Hall–Kier alpha value is -2.32. The number of benzene rings is 2. The number of nitrogens with zero attached hydrogens (tertiary/aromatic N) is 1. The number of nitrogen functional groups attached to an aromatic ring is 1. The Kier molecular flexibility index (Phi) is 4.61. The van der Waals surface area contributed by atoms with Crippen molar-refractivity contribution in [2.24, 2.45) is 0 Å². The van der Waals surface area contributed by atoms with Gasteiger partial charge in [0.05, 0.1) is 40.2 Å². The number of methoxy groups -OCH3 is 1. The Morgan fingerprint density at radius 2 is 2.05 bits per heavy atom. The van der Waals surface area contributed by atoms with Crippen molar-refractivity contribution in [1.82, 2.24) is 0 Å². The van der Waals surface area contributed by atoms with Crippen molar-refractivity contribution in [1.29, 1.82) is 5.26 Å². The number of ether oxygens (including phenoxy) is 1. The van der Waals surface area contributed by atoms with Crippen molar-refractivity contribution in [2.75, 3.05) is 12.8 Å². The Bertz CT molecular complexity index is 736. The molecular formula is C16H16N2O2S. The van der Waals surface area contributed by atoms with E-state index in [-0.39, 0.29) is 5.75 Å². The zero-order chi connectivity index (χ0) is 15.4. The van der Waals surface area contributed by atoms with Crippen LogP contribution in [-0.4, -0.2) is 11.3 Å². The first kappa shape index (κ1) is 15.1. The van der Waals surface area contributed by atoms with Crippen molar-refractivity contribution >= 4 is 16.5 Å². The molecule has 2 aromatic rings. The second kappa shape index (κ2) is 6.42. The molecule has 0 fully saturated rings. The maximum atomic E-state index is 12.5. The molecular weight excluding hydrogens is 284 g/mol. The lowest BCUT2D eigenvalue weighted by Crippen LogP contribution is -2.03. The molecule has 0 saturated carbocycles. The molecule has 0 aliphatic carbocycles. The minimum atomic E-state index is -1.29. The quantitative estimate of drug-likeness (QED) is 0.881. The molecule has 0 saturated heterocycles. The van der Waals surface area contributed by atoms with Crippen LogP contribution in [0.4, 0.5) is 5.69 Å². The zero-order valence-corrected chi connectivity index (χ0v) is 12.7. The second-order valence-corrected chi connectivity index (χ2v) is 6.09. The van der Waals surface area contributed by atoms with Crippen LogP contribution in [0.25, 0.3) is 0 Å². The Balaban J connectivity index is 2.35. The van der Waals surface area contributed by atoms with E-state index in [1.54, 1.807) is 31.4 Å². The highest BCUT2D eigenvalue weighted by atomic mass is 32.2. The fourth-order valence-corrected chi connectivity index (χ4v) is 3.33. The van der Waals surface area contributed by atoms with Gasteiger partial charge in [-0.3, -0.25) is 4.21 Å². The molecule has 4 nitrogen and oxygen atoms in total. The van der Waals surface area contributed by atoms with Crippen molar-refractivity contribution in [3.63, 3.8) is 0 Å². The molecule has 5 heteroatoms. The van der Waals surface area contributed by atoms with E-state index in [0.717, 1.165) is 11.1 Å². The maximum Gasteiger partial charge on any atom is 0.123 e. The van der Waals surface area contributed by atoms with E-state index in [4.69, 9.17) is 15.7 Å². The molecule has 0 amide bonds. The summed E-state index contributed by atoms with van der Waals surface area (Å²) >= 11 is 0. The minimum absolute atomic E-state index is 0.256. The highest BCUT2D eigenvalue weighted by Gasteiger charge is 2.13. The lowest BCUT2D eigenvalue weighted by Gasteiger charge is -2.10. The molecule has 0 bridgehead atoms. The molecule has 21 heavy (non-hydrogen) atoms. The fraction of sp³-hybridized carbons (Fsp3) is 0.188. The molecule has 0 aromatic heterocycles. The van der Waals surface area contributed by atoms with Crippen molar-refractivity contribution < 1.29 is 8.95 Å². The van der Waals surface area contributed by atoms with Crippen LogP contribution in [0.15, 0.2) is 41.3 Å². The summed E-state index contributed by atoms with van der Waals surface area (Å²) in [7, 11) is 0.258. The van der Waals surface area contributed by atoms with Gasteiger partial charge in [-0.1, -0.05) is 6.07 Å². The van der Waals surface area contributed by atoms with Crippen LogP contribution in [0.5, 0.6) is 5.75 Å². The standard InChI is InChI=1S/C16H16N2O2S/c1-11-3-5-14(18)16(7-11)21(19)10-13-8-12(9-17)4-6-15(13)20-2/h3-8H,10,18H2,1-2H3. The first-order valence-electron chi connectivity index (χ1n) is 6.36. The van der Waals surface area contributed by atoms with Gasteiger partial charge in [0.15, 0.2) is 0 Å². The first-order chi connectivity index (χ1) is 10.0. The molecule has 2 N–H and O–H groups in total. The summed E-state index contributed by atoms with van der Waals surface area (Å²) in [6, 6.07) is 12.6. The summed E-state index contributed by atoms with van der Waals surface area (Å²) in [4.78, 5) is 0.611. The summed E-state index contributed by atoms with van der Waals surface area (Å²) < 4.78 is 17.8. The second-order valence-electron chi connectivity index (χ2n) is 4.67. The van der Waals surface area contributed by atoms with Gasteiger partial charge in [-0.05, 0) is 42.8 Å². The minimum Gasteiger partial charge on any atom is -0.496 e.